The molecule has 0 saturated carbocycles. The number of carbonyl (C=O) groups excluding carboxylic acids is 1. The third kappa shape index (κ3) is 3.32. The van der Waals surface area contributed by atoms with Crippen LogP contribution in [-0.4, -0.2) is 43.1 Å². The molecule has 0 spiro atoms. The zero-order valence-corrected chi connectivity index (χ0v) is 12.8. The lowest BCUT2D eigenvalue weighted by Crippen LogP contribution is -2.28. The van der Waals surface area contributed by atoms with Crippen molar-refractivity contribution in [1.82, 2.24) is 4.98 Å². The number of anilines is 1. The van der Waals surface area contributed by atoms with Gasteiger partial charge in [-0.1, -0.05) is 6.07 Å². The van der Waals surface area contributed by atoms with Crippen LogP contribution in [0.1, 0.15) is 32.4 Å². The highest BCUT2D eigenvalue weighted by Gasteiger charge is 2.35. The van der Waals surface area contributed by atoms with Crippen molar-refractivity contribution in [2.45, 2.75) is 39.0 Å². The Morgan fingerprint density at radius 3 is 2.81 bits per heavy atom. The number of aromatic nitrogens is 1. The van der Waals surface area contributed by atoms with Crippen LogP contribution in [-0.2, 0) is 14.3 Å². The van der Waals surface area contributed by atoms with Crippen molar-refractivity contribution in [2.24, 2.45) is 4.99 Å². The van der Waals surface area contributed by atoms with E-state index in [1.807, 2.05) is 19.2 Å². The van der Waals surface area contributed by atoms with E-state index in [9.17, 15) is 4.79 Å². The first-order chi connectivity index (χ1) is 10.0. The SMILES string of the molecule is CCOC(=O)[C@H]1N=CO[C@@H]1c1ccc(N(C)C(C)C)nc1. The van der Waals surface area contributed by atoms with Crippen molar-refractivity contribution in [3.05, 3.63) is 23.9 Å². The van der Waals surface area contributed by atoms with Gasteiger partial charge in [-0.3, -0.25) is 0 Å². The van der Waals surface area contributed by atoms with E-state index in [2.05, 4.69) is 28.7 Å². The molecule has 0 unspecified atom stereocenters. The molecule has 0 radical (unpaired) electrons. The third-order valence-corrected chi connectivity index (χ3v) is 3.48. The summed E-state index contributed by atoms with van der Waals surface area (Å²) >= 11 is 0. The van der Waals surface area contributed by atoms with Gasteiger partial charge in [0.25, 0.3) is 0 Å². The minimum absolute atomic E-state index is 0.327. The van der Waals surface area contributed by atoms with E-state index >= 15 is 0 Å². The van der Waals surface area contributed by atoms with Crippen LogP contribution in [0.4, 0.5) is 5.82 Å². The largest absolute Gasteiger partial charge is 0.473 e. The molecule has 6 heteroatoms. The smallest absolute Gasteiger partial charge is 0.335 e. The summed E-state index contributed by atoms with van der Waals surface area (Å²) in [5.74, 6) is 0.500. The van der Waals surface area contributed by atoms with Crippen LogP contribution in [0, 0.1) is 0 Å². The molecule has 21 heavy (non-hydrogen) atoms. The third-order valence-electron chi connectivity index (χ3n) is 3.48. The van der Waals surface area contributed by atoms with Crippen LogP contribution in [0.2, 0.25) is 0 Å². The highest BCUT2D eigenvalue weighted by atomic mass is 16.5. The average Bonchev–Trinajstić information content (AvgIpc) is 2.96. The van der Waals surface area contributed by atoms with Gasteiger partial charge >= 0.3 is 5.97 Å². The quantitative estimate of drug-likeness (QED) is 0.776. The van der Waals surface area contributed by atoms with E-state index in [1.54, 1.807) is 13.1 Å². The number of hydrogen-bond donors (Lipinski definition) is 0. The first-order valence-corrected chi connectivity index (χ1v) is 7.07. The van der Waals surface area contributed by atoms with Crippen molar-refractivity contribution in [3.63, 3.8) is 0 Å². The predicted molar refractivity (Wildman–Crippen MR) is 80.5 cm³/mol. The van der Waals surface area contributed by atoms with E-state index in [4.69, 9.17) is 9.47 Å². The lowest BCUT2D eigenvalue weighted by Gasteiger charge is -2.23. The molecule has 6 nitrogen and oxygen atoms in total. The number of aliphatic imine (C=N–C) groups is 1. The summed E-state index contributed by atoms with van der Waals surface area (Å²) in [7, 11) is 1.99. The van der Waals surface area contributed by atoms with Crippen molar-refractivity contribution < 1.29 is 14.3 Å². The Morgan fingerprint density at radius 1 is 1.48 bits per heavy atom. The minimum atomic E-state index is -0.652. The Bertz CT molecular complexity index is 513. The summed E-state index contributed by atoms with van der Waals surface area (Å²) in [6.07, 6.45) is 2.56. The summed E-state index contributed by atoms with van der Waals surface area (Å²) in [6.45, 7) is 6.29. The number of nitrogens with zero attached hydrogens (tertiary/aromatic N) is 3. The highest BCUT2D eigenvalue weighted by Crippen LogP contribution is 2.28. The van der Waals surface area contributed by atoms with E-state index in [1.165, 1.54) is 6.40 Å². The maximum atomic E-state index is 11.8. The van der Waals surface area contributed by atoms with Crippen molar-refractivity contribution in [1.29, 1.82) is 0 Å². The van der Waals surface area contributed by atoms with E-state index in [0.717, 1.165) is 11.4 Å². The second kappa shape index (κ2) is 6.56. The molecule has 114 valence electrons. The van der Waals surface area contributed by atoms with Crippen LogP contribution in [0.15, 0.2) is 23.3 Å². The van der Waals surface area contributed by atoms with Crippen molar-refractivity contribution in [3.8, 4) is 0 Å². The standard InChI is InChI=1S/C15H21N3O3/c1-5-20-15(19)13-14(21-9-17-13)11-6-7-12(16-8-11)18(4)10(2)3/h6-10,13-14H,5H2,1-4H3/t13-,14+/m0/s1. The molecule has 0 saturated heterocycles. The first kappa shape index (κ1) is 15.3. The topological polar surface area (TPSA) is 64.0 Å². The molecule has 0 aromatic carbocycles. The molecule has 1 aromatic heterocycles. The van der Waals surface area contributed by atoms with Crippen molar-refractivity contribution >= 4 is 18.2 Å². The van der Waals surface area contributed by atoms with Gasteiger partial charge in [-0.2, -0.15) is 0 Å². The van der Waals surface area contributed by atoms with Gasteiger partial charge in [-0.15, -0.1) is 0 Å². The molecule has 0 bridgehead atoms. The Kier molecular flexibility index (Phi) is 4.77. The summed E-state index contributed by atoms with van der Waals surface area (Å²) in [5.41, 5.74) is 0.812. The molecule has 2 atom stereocenters. The van der Waals surface area contributed by atoms with Gasteiger partial charge in [-0.05, 0) is 26.8 Å². The van der Waals surface area contributed by atoms with E-state index < -0.39 is 12.1 Å². The molecule has 0 amide bonds. The lowest BCUT2D eigenvalue weighted by atomic mass is 10.1. The van der Waals surface area contributed by atoms with Crippen molar-refractivity contribution in [2.75, 3.05) is 18.6 Å². The van der Waals surface area contributed by atoms with Gasteiger partial charge in [0.1, 0.15) is 5.82 Å². The van der Waals surface area contributed by atoms with E-state index in [0.29, 0.717) is 12.6 Å². The van der Waals surface area contributed by atoms with Crippen LogP contribution in [0.25, 0.3) is 0 Å². The Balaban J connectivity index is 2.13. The molecule has 1 aliphatic heterocycles. The number of esters is 1. The van der Waals surface area contributed by atoms with Gasteiger partial charge in [-0.25, -0.2) is 14.8 Å². The molecule has 0 fully saturated rings. The number of ether oxygens (including phenoxy) is 2. The fraction of sp³-hybridized carbons (Fsp3) is 0.533. The lowest BCUT2D eigenvalue weighted by molar-refractivity contribution is -0.146. The average molecular weight is 291 g/mol. The maximum absolute atomic E-state index is 11.8. The molecular weight excluding hydrogens is 270 g/mol. The van der Waals surface area contributed by atoms with Crippen LogP contribution in [0.5, 0.6) is 0 Å². The highest BCUT2D eigenvalue weighted by molar-refractivity contribution is 5.80. The molecule has 2 rings (SSSR count). The fourth-order valence-electron chi connectivity index (χ4n) is 2.03. The number of rotatable bonds is 5. The second-order valence-corrected chi connectivity index (χ2v) is 5.16. The normalized spacial score (nSPS) is 20.4. The van der Waals surface area contributed by atoms with Gasteiger partial charge < -0.3 is 14.4 Å². The maximum Gasteiger partial charge on any atom is 0.335 e. The Hall–Kier alpha value is -2.11. The molecule has 0 aliphatic carbocycles. The van der Waals surface area contributed by atoms with Crippen LogP contribution >= 0.6 is 0 Å². The monoisotopic (exact) mass is 291 g/mol. The van der Waals surface area contributed by atoms with Gasteiger partial charge in [0, 0.05) is 24.8 Å². The minimum Gasteiger partial charge on any atom is -0.473 e. The molecule has 1 aliphatic rings. The fourth-order valence-corrected chi connectivity index (χ4v) is 2.03. The first-order valence-electron chi connectivity index (χ1n) is 7.07. The van der Waals surface area contributed by atoms with Crippen LogP contribution < -0.4 is 4.90 Å². The number of pyridine rings is 1. The zero-order chi connectivity index (χ0) is 15.4. The van der Waals surface area contributed by atoms with Gasteiger partial charge in [0.2, 0.25) is 0 Å². The summed E-state index contributed by atoms with van der Waals surface area (Å²) < 4.78 is 10.4. The Morgan fingerprint density at radius 2 is 2.24 bits per heavy atom. The summed E-state index contributed by atoms with van der Waals surface area (Å²) in [4.78, 5) is 22.4. The zero-order valence-electron chi connectivity index (χ0n) is 12.8. The Labute approximate surface area is 124 Å². The summed E-state index contributed by atoms with van der Waals surface area (Å²) in [5, 5.41) is 0. The predicted octanol–water partition coefficient (Wildman–Crippen LogP) is 1.96. The number of carbonyl (C=O) groups is 1. The van der Waals surface area contributed by atoms with E-state index in [-0.39, 0.29) is 5.97 Å². The molecular formula is C15H21N3O3. The molecule has 2 heterocycles. The number of hydrogen-bond acceptors (Lipinski definition) is 6. The van der Waals surface area contributed by atoms with Gasteiger partial charge in [0.05, 0.1) is 6.61 Å². The second-order valence-electron chi connectivity index (χ2n) is 5.16. The molecule has 0 N–H and O–H groups in total. The van der Waals surface area contributed by atoms with Crippen LogP contribution in [0.3, 0.4) is 0 Å². The summed E-state index contributed by atoms with van der Waals surface area (Å²) in [6, 6.07) is 3.54. The molecule has 1 aromatic rings. The van der Waals surface area contributed by atoms with Gasteiger partial charge in [0.15, 0.2) is 18.5 Å².